The molecule has 1 atom stereocenters. The molecule has 3 aliphatic rings. The van der Waals surface area contributed by atoms with E-state index >= 15 is 0 Å². The van der Waals surface area contributed by atoms with Crippen LogP contribution < -0.4 is 15.1 Å². The highest BCUT2D eigenvalue weighted by Crippen LogP contribution is 2.41. The second-order valence-electron chi connectivity index (χ2n) is 9.52. The van der Waals surface area contributed by atoms with Gasteiger partial charge < -0.3 is 18.9 Å². The van der Waals surface area contributed by atoms with Gasteiger partial charge in [0.2, 0.25) is 5.91 Å². The Morgan fingerprint density at radius 2 is 1.79 bits per heavy atom. The summed E-state index contributed by atoms with van der Waals surface area (Å²) in [6, 6.07) is 4.27. The van der Waals surface area contributed by atoms with Crippen LogP contribution in [0.5, 0.6) is 5.75 Å². The van der Waals surface area contributed by atoms with Gasteiger partial charge in [0.15, 0.2) is 0 Å². The van der Waals surface area contributed by atoms with E-state index in [0.717, 1.165) is 48.1 Å². The van der Waals surface area contributed by atoms with Crippen molar-refractivity contribution in [2.24, 2.45) is 0 Å². The van der Waals surface area contributed by atoms with E-state index < -0.39 is 18.3 Å². The van der Waals surface area contributed by atoms with E-state index in [0.29, 0.717) is 0 Å². The minimum atomic E-state index is -0.462. The number of fused-ring (bicyclic) bond motifs is 1. The molecule has 1 saturated heterocycles. The van der Waals surface area contributed by atoms with E-state index in [-0.39, 0.29) is 18.1 Å². The quantitative estimate of drug-likeness (QED) is 0.746. The molecule has 1 saturated carbocycles. The van der Waals surface area contributed by atoms with Crippen LogP contribution in [-0.4, -0.2) is 36.4 Å². The lowest BCUT2D eigenvalue weighted by Gasteiger charge is -2.37. The number of carbonyl (C=O) groups is 1. The summed E-state index contributed by atoms with van der Waals surface area (Å²) in [7, 11) is -0.462. The predicted molar refractivity (Wildman–Crippen MR) is 111 cm³/mol. The third-order valence-electron chi connectivity index (χ3n) is 6.96. The smallest absolute Gasteiger partial charge is 0.490 e. The van der Waals surface area contributed by atoms with Gasteiger partial charge >= 0.3 is 7.12 Å². The highest BCUT2D eigenvalue weighted by molar-refractivity contribution is 6.63. The molecule has 152 valence electrons. The Morgan fingerprint density at radius 1 is 1.14 bits per heavy atom. The van der Waals surface area contributed by atoms with Crippen molar-refractivity contribution in [1.29, 1.82) is 0 Å². The van der Waals surface area contributed by atoms with Crippen molar-refractivity contribution in [1.82, 2.24) is 0 Å². The molecule has 1 aromatic rings. The third-order valence-corrected chi connectivity index (χ3v) is 6.96. The second-order valence-corrected chi connectivity index (χ2v) is 9.52. The maximum absolute atomic E-state index is 12.3. The maximum atomic E-state index is 12.3. The molecule has 2 aliphatic heterocycles. The summed E-state index contributed by atoms with van der Waals surface area (Å²) in [4.78, 5) is 14.2. The lowest BCUT2D eigenvalue weighted by atomic mass is 9.75. The van der Waals surface area contributed by atoms with E-state index in [1.165, 1.54) is 6.42 Å². The molecule has 2 fully saturated rings. The first-order valence-electron chi connectivity index (χ1n) is 10.6. The molecule has 0 N–H and O–H groups in total. The molecular weight excluding hydrogens is 353 g/mol. The Kier molecular flexibility index (Phi) is 4.78. The number of nitrogens with zero attached hydrogens (tertiary/aromatic N) is 1. The summed E-state index contributed by atoms with van der Waals surface area (Å²) in [5, 5.41) is 0. The van der Waals surface area contributed by atoms with Crippen LogP contribution in [0, 0.1) is 0 Å². The number of hydrogen-bond acceptors (Lipinski definition) is 4. The fourth-order valence-corrected chi connectivity index (χ4v) is 4.25. The van der Waals surface area contributed by atoms with Gasteiger partial charge in [0.05, 0.1) is 23.0 Å². The van der Waals surface area contributed by atoms with Crippen LogP contribution in [0.2, 0.25) is 0 Å². The molecule has 0 aromatic heterocycles. The Bertz CT molecular complexity index is 771. The number of benzene rings is 1. The van der Waals surface area contributed by atoms with Crippen LogP contribution in [-0.2, 0) is 20.5 Å². The Morgan fingerprint density at radius 3 is 2.32 bits per heavy atom. The zero-order valence-electron chi connectivity index (χ0n) is 18.0. The number of anilines is 1. The number of rotatable bonds is 3. The first-order chi connectivity index (χ1) is 13.1. The Balaban J connectivity index is 1.78. The zero-order valence-corrected chi connectivity index (χ0v) is 18.0. The highest BCUT2D eigenvalue weighted by Gasteiger charge is 2.53. The van der Waals surface area contributed by atoms with E-state index in [1.54, 1.807) is 6.92 Å². The summed E-state index contributed by atoms with van der Waals surface area (Å²) in [6.07, 6.45) is 5.45. The summed E-state index contributed by atoms with van der Waals surface area (Å²) >= 11 is 0. The Labute approximate surface area is 168 Å². The molecule has 4 rings (SSSR count). The van der Waals surface area contributed by atoms with E-state index in [4.69, 9.17) is 14.0 Å². The van der Waals surface area contributed by atoms with E-state index in [2.05, 4.69) is 34.6 Å². The fraction of sp³-hybridized carbons (Fsp3) is 0.682. The lowest BCUT2D eigenvalue weighted by molar-refractivity contribution is -0.117. The molecule has 1 amide bonds. The third kappa shape index (κ3) is 3.15. The van der Waals surface area contributed by atoms with Gasteiger partial charge in [-0.1, -0.05) is 6.07 Å². The van der Waals surface area contributed by atoms with Gasteiger partial charge in [0.25, 0.3) is 0 Å². The van der Waals surface area contributed by atoms with Gasteiger partial charge in [-0.2, -0.15) is 0 Å². The first-order valence-corrected chi connectivity index (χ1v) is 10.6. The number of hydrogen-bond donors (Lipinski definition) is 0. The van der Waals surface area contributed by atoms with Crippen LogP contribution in [0.25, 0.3) is 0 Å². The van der Waals surface area contributed by atoms with Crippen molar-refractivity contribution in [2.75, 3.05) is 4.90 Å². The van der Waals surface area contributed by atoms with Gasteiger partial charge in [0.1, 0.15) is 5.75 Å². The highest BCUT2D eigenvalue weighted by atomic mass is 16.7. The summed E-state index contributed by atoms with van der Waals surface area (Å²) < 4.78 is 19.1. The molecule has 0 radical (unpaired) electrons. The zero-order chi connectivity index (χ0) is 20.3. The largest absolute Gasteiger partial charge is 0.498 e. The number of carbonyl (C=O) groups excluding carboxylic acids is 1. The van der Waals surface area contributed by atoms with Crippen molar-refractivity contribution < 1.29 is 18.8 Å². The monoisotopic (exact) mass is 385 g/mol. The van der Waals surface area contributed by atoms with Crippen LogP contribution in [0.15, 0.2) is 12.1 Å². The SMILES string of the molecule is CC(=O)N1c2ccc(B3OC(C)(C)C(C)(C)O3)c(OC3CCC3)c2CC[C@@H]1C. The lowest BCUT2D eigenvalue weighted by Crippen LogP contribution is -2.43. The molecule has 1 aliphatic carbocycles. The van der Waals surface area contributed by atoms with Crippen molar-refractivity contribution >= 4 is 24.2 Å². The second kappa shape index (κ2) is 6.77. The average Bonchev–Trinajstić information content (AvgIpc) is 2.77. The van der Waals surface area contributed by atoms with Crippen LogP contribution in [0.3, 0.4) is 0 Å². The van der Waals surface area contributed by atoms with Gasteiger partial charge in [-0.15, -0.1) is 0 Å². The molecule has 0 bridgehead atoms. The van der Waals surface area contributed by atoms with Crippen molar-refractivity contribution in [2.45, 2.75) is 97.0 Å². The molecule has 0 unspecified atom stereocenters. The van der Waals surface area contributed by atoms with Gasteiger partial charge in [-0.05, 0) is 72.8 Å². The van der Waals surface area contributed by atoms with E-state index in [9.17, 15) is 4.79 Å². The molecule has 5 nitrogen and oxygen atoms in total. The molecule has 2 heterocycles. The van der Waals surface area contributed by atoms with Gasteiger partial charge in [-0.3, -0.25) is 4.79 Å². The summed E-state index contributed by atoms with van der Waals surface area (Å²) in [5.74, 6) is 0.949. The van der Waals surface area contributed by atoms with Crippen LogP contribution >= 0.6 is 0 Å². The van der Waals surface area contributed by atoms with Crippen molar-refractivity contribution in [3.8, 4) is 5.75 Å². The van der Waals surface area contributed by atoms with E-state index in [1.807, 2.05) is 17.0 Å². The number of amides is 1. The molecule has 6 heteroatoms. The minimum Gasteiger partial charge on any atom is -0.490 e. The standard InChI is InChI=1S/C22H32BNO4/c1-14-10-11-17-19(24(14)15(2)25)13-12-18(20(17)26-16-8-7-9-16)23-27-21(3,4)22(5,6)28-23/h12-14,16H,7-11H2,1-6H3/t14-/m0/s1. The first kappa shape index (κ1) is 19.8. The normalized spacial score (nSPS) is 26.0. The predicted octanol–water partition coefficient (Wildman–Crippen LogP) is 3.60. The summed E-state index contributed by atoms with van der Waals surface area (Å²) in [5.41, 5.74) is 2.23. The van der Waals surface area contributed by atoms with Gasteiger partial charge in [0, 0.05) is 24.0 Å². The van der Waals surface area contributed by atoms with Crippen molar-refractivity contribution in [3.63, 3.8) is 0 Å². The van der Waals surface area contributed by atoms with Crippen molar-refractivity contribution in [3.05, 3.63) is 17.7 Å². The molecule has 28 heavy (non-hydrogen) atoms. The van der Waals surface area contributed by atoms with Gasteiger partial charge in [-0.25, -0.2) is 0 Å². The topological polar surface area (TPSA) is 48.0 Å². The number of ether oxygens (including phenoxy) is 1. The molecule has 1 aromatic carbocycles. The summed E-state index contributed by atoms with van der Waals surface area (Å²) in [6.45, 7) is 12.0. The maximum Gasteiger partial charge on any atom is 0.498 e. The molecule has 0 spiro atoms. The average molecular weight is 385 g/mol. The Hall–Kier alpha value is -1.53. The fourth-order valence-electron chi connectivity index (χ4n) is 4.25. The van der Waals surface area contributed by atoms with Crippen LogP contribution in [0.4, 0.5) is 5.69 Å². The van der Waals surface area contributed by atoms with Crippen LogP contribution in [0.1, 0.15) is 72.8 Å². The minimum absolute atomic E-state index is 0.0754. The molecular formula is C22H32BNO4.